The highest BCUT2D eigenvalue weighted by Crippen LogP contribution is 2.11. The van der Waals surface area contributed by atoms with Crippen molar-refractivity contribution in [3.8, 4) is 0 Å². The zero-order valence-electron chi connectivity index (χ0n) is 13.9. The predicted molar refractivity (Wildman–Crippen MR) is 88.9 cm³/mol. The number of unbranched alkanes of at least 4 members (excludes halogenated alkanes) is 6. The number of carboxylic acids is 1. The molecule has 0 spiro atoms. The van der Waals surface area contributed by atoms with Gasteiger partial charge < -0.3 is 10.2 Å². The molecule has 1 atom stereocenters. The van der Waals surface area contributed by atoms with E-state index in [-0.39, 0.29) is 11.9 Å². The van der Waals surface area contributed by atoms with E-state index in [4.69, 9.17) is 5.11 Å². The van der Waals surface area contributed by atoms with E-state index in [1.165, 1.54) is 6.08 Å². The Morgan fingerprint density at radius 1 is 0.955 bits per heavy atom. The van der Waals surface area contributed by atoms with Crippen molar-refractivity contribution in [1.82, 2.24) is 0 Å². The Labute approximate surface area is 134 Å². The molecule has 0 rings (SSSR count). The quantitative estimate of drug-likeness (QED) is 0.350. The van der Waals surface area contributed by atoms with Crippen LogP contribution in [0.5, 0.6) is 0 Å². The van der Waals surface area contributed by atoms with Crippen molar-refractivity contribution in [1.29, 1.82) is 0 Å². The summed E-state index contributed by atoms with van der Waals surface area (Å²) in [4.78, 5) is 22.0. The molecule has 0 fully saturated rings. The van der Waals surface area contributed by atoms with Gasteiger partial charge in [-0.15, -0.1) is 0 Å². The van der Waals surface area contributed by atoms with Crippen LogP contribution in [-0.4, -0.2) is 28.1 Å². The van der Waals surface area contributed by atoms with Crippen LogP contribution in [0.25, 0.3) is 0 Å². The second-order valence-corrected chi connectivity index (χ2v) is 5.92. The second kappa shape index (κ2) is 14.8. The van der Waals surface area contributed by atoms with Crippen molar-refractivity contribution < 1.29 is 19.8 Å². The molecule has 0 radical (unpaired) electrons. The molecule has 4 nitrogen and oxygen atoms in total. The van der Waals surface area contributed by atoms with E-state index in [0.29, 0.717) is 19.3 Å². The lowest BCUT2D eigenvalue weighted by Gasteiger charge is -2.09. The molecule has 0 amide bonds. The first-order valence-electron chi connectivity index (χ1n) is 8.65. The Bertz CT molecular complexity index is 323. The first kappa shape index (κ1) is 20.8. The minimum absolute atomic E-state index is 0.250. The lowest BCUT2D eigenvalue weighted by atomic mass is 10.0. The number of hydrogen-bond donors (Lipinski definition) is 2. The molecule has 128 valence electrons. The van der Waals surface area contributed by atoms with Crippen LogP contribution in [-0.2, 0) is 9.59 Å². The van der Waals surface area contributed by atoms with Crippen molar-refractivity contribution in [3.05, 3.63) is 12.2 Å². The van der Waals surface area contributed by atoms with Gasteiger partial charge in [-0.3, -0.25) is 4.79 Å². The number of aliphatic carboxylic acids is 1. The van der Waals surface area contributed by atoms with Gasteiger partial charge in [0.2, 0.25) is 0 Å². The highest BCUT2D eigenvalue weighted by molar-refractivity contribution is 5.79. The van der Waals surface area contributed by atoms with Crippen LogP contribution in [0.2, 0.25) is 0 Å². The number of ketones is 1. The molecule has 0 aliphatic carbocycles. The van der Waals surface area contributed by atoms with Gasteiger partial charge in [0, 0.05) is 18.9 Å². The normalized spacial score (nSPS) is 12.6. The van der Waals surface area contributed by atoms with Gasteiger partial charge in [-0.25, -0.2) is 4.79 Å². The summed E-state index contributed by atoms with van der Waals surface area (Å²) in [5.41, 5.74) is 0. The number of hydrogen-bond acceptors (Lipinski definition) is 3. The largest absolute Gasteiger partial charge is 0.478 e. The van der Waals surface area contributed by atoms with E-state index in [0.717, 1.165) is 57.8 Å². The number of Topliss-reactive ketones (excluding diaryl/α,β-unsaturated/α-hetero) is 1. The second-order valence-electron chi connectivity index (χ2n) is 5.92. The van der Waals surface area contributed by atoms with Crippen LogP contribution in [0, 0.1) is 0 Å². The number of carboxylic acid groups (broad SMARTS) is 1. The number of aliphatic hydroxyl groups is 1. The lowest BCUT2D eigenvalue weighted by molar-refractivity contribution is -0.131. The van der Waals surface area contributed by atoms with Crippen molar-refractivity contribution in [2.45, 2.75) is 90.1 Å². The maximum Gasteiger partial charge on any atom is 0.327 e. The summed E-state index contributed by atoms with van der Waals surface area (Å²) in [5.74, 6) is -0.650. The third kappa shape index (κ3) is 15.2. The number of aliphatic hydroxyl groups excluding tert-OH is 1. The van der Waals surface area contributed by atoms with E-state index >= 15 is 0 Å². The summed E-state index contributed by atoms with van der Waals surface area (Å²) in [7, 11) is 0. The van der Waals surface area contributed by atoms with Gasteiger partial charge in [-0.1, -0.05) is 45.1 Å². The van der Waals surface area contributed by atoms with E-state index < -0.39 is 5.97 Å². The van der Waals surface area contributed by atoms with Crippen molar-refractivity contribution in [3.63, 3.8) is 0 Å². The van der Waals surface area contributed by atoms with Gasteiger partial charge in [0.15, 0.2) is 0 Å². The fourth-order valence-electron chi connectivity index (χ4n) is 2.35. The van der Waals surface area contributed by atoms with Crippen molar-refractivity contribution in [2.75, 3.05) is 0 Å². The Morgan fingerprint density at radius 2 is 1.68 bits per heavy atom. The molecule has 0 saturated carbocycles. The number of allylic oxidation sites excluding steroid dienone is 1. The number of carbonyl (C=O) groups is 2. The standard InChI is InChI=1S/C18H32O4/c1-2-3-8-11-16(19)14-15-17(20)12-9-6-4-5-7-10-13-18(21)22/h10,13,16,19H,2-9,11-12,14-15H2,1H3,(H,21,22). The van der Waals surface area contributed by atoms with Gasteiger partial charge in [-0.05, 0) is 32.1 Å². The number of rotatable bonds is 15. The smallest absolute Gasteiger partial charge is 0.327 e. The molecule has 2 N–H and O–H groups in total. The average molecular weight is 312 g/mol. The van der Waals surface area contributed by atoms with Crippen molar-refractivity contribution >= 4 is 11.8 Å². The molecule has 1 unspecified atom stereocenters. The van der Waals surface area contributed by atoms with Crippen LogP contribution in [0.3, 0.4) is 0 Å². The predicted octanol–water partition coefficient (Wildman–Crippen LogP) is 4.26. The van der Waals surface area contributed by atoms with E-state index in [1.807, 2.05) is 0 Å². The maximum atomic E-state index is 11.7. The maximum absolute atomic E-state index is 11.7. The summed E-state index contributed by atoms with van der Waals surface area (Å²) < 4.78 is 0. The molecule has 0 aromatic rings. The average Bonchev–Trinajstić information content (AvgIpc) is 2.47. The Balaban J connectivity index is 3.40. The fraction of sp³-hybridized carbons (Fsp3) is 0.778. The lowest BCUT2D eigenvalue weighted by Crippen LogP contribution is -2.09. The van der Waals surface area contributed by atoms with Crippen LogP contribution >= 0.6 is 0 Å². The summed E-state index contributed by atoms with van der Waals surface area (Å²) >= 11 is 0. The molecule has 0 aliphatic rings. The zero-order chi connectivity index (χ0) is 16.6. The topological polar surface area (TPSA) is 74.6 Å². The fourth-order valence-corrected chi connectivity index (χ4v) is 2.35. The molecule has 0 bridgehead atoms. The molecule has 0 saturated heterocycles. The number of carbonyl (C=O) groups excluding carboxylic acids is 1. The summed E-state index contributed by atoms with van der Waals surface area (Å²) in [6.45, 7) is 2.14. The molecule has 0 aromatic heterocycles. The minimum Gasteiger partial charge on any atom is -0.478 e. The molecular formula is C18H32O4. The van der Waals surface area contributed by atoms with Gasteiger partial charge >= 0.3 is 5.97 Å². The Hall–Kier alpha value is -1.16. The molecule has 4 heteroatoms. The molecule has 22 heavy (non-hydrogen) atoms. The van der Waals surface area contributed by atoms with Gasteiger partial charge in [0.05, 0.1) is 6.10 Å². The first-order chi connectivity index (χ1) is 10.6. The van der Waals surface area contributed by atoms with Crippen LogP contribution < -0.4 is 0 Å². The molecular weight excluding hydrogens is 280 g/mol. The SMILES string of the molecule is CCCCCC(O)CCC(=O)CCCCCCC=CC(=O)O. The van der Waals surface area contributed by atoms with Gasteiger partial charge in [-0.2, -0.15) is 0 Å². The third-order valence-corrected chi connectivity index (χ3v) is 3.73. The van der Waals surface area contributed by atoms with Gasteiger partial charge in [0.25, 0.3) is 0 Å². The minimum atomic E-state index is -0.900. The Morgan fingerprint density at radius 3 is 2.36 bits per heavy atom. The summed E-state index contributed by atoms with van der Waals surface area (Å²) in [6, 6.07) is 0. The molecule has 0 heterocycles. The van der Waals surface area contributed by atoms with Crippen LogP contribution in [0.15, 0.2) is 12.2 Å². The molecule has 0 aliphatic heterocycles. The first-order valence-corrected chi connectivity index (χ1v) is 8.65. The monoisotopic (exact) mass is 312 g/mol. The highest BCUT2D eigenvalue weighted by Gasteiger charge is 2.08. The van der Waals surface area contributed by atoms with Crippen LogP contribution in [0.1, 0.15) is 84.0 Å². The van der Waals surface area contributed by atoms with Crippen LogP contribution in [0.4, 0.5) is 0 Å². The highest BCUT2D eigenvalue weighted by atomic mass is 16.4. The Kier molecular flexibility index (Phi) is 14.0. The van der Waals surface area contributed by atoms with Gasteiger partial charge in [0.1, 0.15) is 5.78 Å². The molecule has 0 aromatic carbocycles. The van der Waals surface area contributed by atoms with E-state index in [9.17, 15) is 14.7 Å². The van der Waals surface area contributed by atoms with E-state index in [1.54, 1.807) is 6.08 Å². The summed E-state index contributed by atoms with van der Waals surface area (Å²) in [6.07, 6.45) is 13.1. The van der Waals surface area contributed by atoms with E-state index in [2.05, 4.69) is 6.92 Å². The zero-order valence-corrected chi connectivity index (χ0v) is 13.9. The van der Waals surface area contributed by atoms with Crippen molar-refractivity contribution in [2.24, 2.45) is 0 Å². The third-order valence-electron chi connectivity index (χ3n) is 3.73. The summed E-state index contributed by atoms with van der Waals surface area (Å²) in [5, 5.41) is 18.2.